The standard InChI is InChI=1S/C14H17NO2.ClH/c1-11(16)9-15-10-13-7-8-14(17-13)12-5-3-2-4-6-12;/h2-8,11,15-16H,9-10H2,1H3;1H. The van der Waals surface area contributed by atoms with E-state index in [1.807, 2.05) is 42.5 Å². The third kappa shape index (κ3) is 4.18. The topological polar surface area (TPSA) is 45.4 Å². The molecule has 1 aromatic heterocycles. The van der Waals surface area contributed by atoms with Gasteiger partial charge in [-0.05, 0) is 19.1 Å². The van der Waals surface area contributed by atoms with Crippen LogP contribution >= 0.6 is 12.4 Å². The smallest absolute Gasteiger partial charge is 0.134 e. The van der Waals surface area contributed by atoms with Gasteiger partial charge < -0.3 is 14.8 Å². The van der Waals surface area contributed by atoms with Gasteiger partial charge in [0.2, 0.25) is 0 Å². The Kier molecular flexibility index (Phi) is 5.92. The van der Waals surface area contributed by atoms with Crippen molar-refractivity contribution in [2.24, 2.45) is 0 Å². The number of nitrogens with one attached hydrogen (secondary N) is 1. The van der Waals surface area contributed by atoms with E-state index in [0.717, 1.165) is 17.1 Å². The van der Waals surface area contributed by atoms with Crippen molar-refractivity contribution in [1.29, 1.82) is 0 Å². The van der Waals surface area contributed by atoms with Crippen LogP contribution in [0, 0.1) is 0 Å². The maximum atomic E-state index is 9.12. The van der Waals surface area contributed by atoms with Crippen LogP contribution in [-0.4, -0.2) is 17.8 Å². The van der Waals surface area contributed by atoms with E-state index in [4.69, 9.17) is 9.52 Å². The predicted molar refractivity (Wildman–Crippen MR) is 74.8 cm³/mol. The van der Waals surface area contributed by atoms with E-state index in [-0.39, 0.29) is 18.5 Å². The Labute approximate surface area is 113 Å². The summed E-state index contributed by atoms with van der Waals surface area (Å²) in [6, 6.07) is 13.9. The fourth-order valence-corrected chi connectivity index (χ4v) is 1.63. The third-order valence-corrected chi connectivity index (χ3v) is 2.46. The molecular weight excluding hydrogens is 250 g/mol. The Bertz CT molecular complexity index is 454. The van der Waals surface area contributed by atoms with Crippen LogP contribution in [0.2, 0.25) is 0 Å². The predicted octanol–water partition coefficient (Wildman–Crippen LogP) is 2.84. The SMILES string of the molecule is CC(O)CNCc1ccc(-c2ccccc2)o1.Cl. The number of rotatable bonds is 5. The second-order valence-electron chi connectivity index (χ2n) is 4.11. The summed E-state index contributed by atoms with van der Waals surface area (Å²) in [5.74, 6) is 1.75. The number of furan rings is 1. The summed E-state index contributed by atoms with van der Waals surface area (Å²) in [5, 5.41) is 12.2. The molecule has 0 aliphatic rings. The van der Waals surface area contributed by atoms with Gasteiger partial charge in [-0.2, -0.15) is 0 Å². The summed E-state index contributed by atoms with van der Waals surface area (Å²) in [5.41, 5.74) is 1.08. The zero-order valence-corrected chi connectivity index (χ0v) is 11.1. The van der Waals surface area contributed by atoms with Crippen LogP contribution in [0.1, 0.15) is 12.7 Å². The van der Waals surface area contributed by atoms with Gasteiger partial charge in [-0.3, -0.25) is 0 Å². The molecule has 1 aromatic carbocycles. The van der Waals surface area contributed by atoms with E-state index < -0.39 is 0 Å². The fourth-order valence-electron chi connectivity index (χ4n) is 1.63. The molecule has 4 heteroatoms. The fraction of sp³-hybridized carbons (Fsp3) is 0.286. The number of aliphatic hydroxyl groups excluding tert-OH is 1. The van der Waals surface area contributed by atoms with Gasteiger partial charge >= 0.3 is 0 Å². The van der Waals surface area contributed by atoms with Crippen LogP contribution in [0.3, 0.4) is 0 Å². The molecule has 0 aliphatic heterocycles. The van der Waals surface area contributed by atoms with Crippen molar-refractivity contribution in [3.63, 3.8) is 0 Å². The zero-order chi connectivity index (χ0) is 12.1. The van der Waals surface area contributed by atoms with E-state index in [1.165, 1.54) is 0 Å². The highest BCUT2D eigenvalue weighted by Gasteiger charge is 2.04. The first kappa shape index (κ1) is 14.8. The van der Waals surface area contributed by atoms with Gasteiger partial charge in [0.1, 0.15) is 11.5 Å². The largest absolute Gasteiger partial charge is 0.460 e. The van der Waals surface area contributed by atoms with Gasteiger partial charge in [-0.15, -0.1) is 12.4 Å². The maximum absolute atomic E-state index is 9.12. The first-order valence-corrected chi connectivity index (χ1v) is 5.78. The van der Waals surface area contributed by atoms with Gasteiger partial charge in [-0.25, -0.2) is 0 Å². The number of halogens is 1. The van der Waals surface area contributed by atoms with Gasteiger partial charge in [0, 0.05) is 12.1 Å². The molecule has 2 aromatic rings. The molecule has 2 N–H and O–H groups in total. The summed E-state index contributed by atoms with van der Waals surface area (Å²) < 4.78 is 5.71. The van der Waals surface area contributed by atoms with Gasteiger partial charge in [0.15, 0.2) is 0 Å². The molecule has 1 unspecified atom stereocenters. The minimum Gasteiger partial charge on any atom is -0.460 e. The molecule has 0 aliphatic carbocycles. The molecule has 0 radical (unpaired) electrons. The highest BCUT2D eigenvalue weighted by molar-refractivity contribution is 5.85. The van der Waals surface area contributed by atoms with E-state index in [0.29, 0.717) is 13.1 Å². The first-order valence-electron chi connectivity index (χ1n) is 5.78. The van der Waals surface area contributed by atoms with Gasteiger partial charge in [0.25, 0.3) is 0 Å². The Hall–Kier alpha value is -1.29. The molecule has 0 bridgehead atoms. The van der Waals surface area contributed by atoms with Crippen molar-refractivity contribution < 1.29 is 9.52 Å². The molecule has 18 heavy (non-hydrogen) atoms. The minimum absolute atomic E-state index is 0. The van der Waals surface area contributed by atoms with E-state index in [2.05, 4.69) is 5.32 Å². The molecule has 0 saturated carbocycles. The molecule has 98 valence electrons. The van der Waals surface area contributed by atoms with Crippen molar-refractivity contribution in [3.8, 4) is 11.3 Å². The average Bonchev–Trinajstić information content (AvgIpc) is 2.78. The van der Waals surface area contributed by atoms with E-state index in [1.54, 1.807) is 6.92 Å². The molecule has 1 atom stereocenters. The van der Waals surface area contributed by atoms with Crippen LogP contribution in [0.25, 0.3) is 11.3 Å². The third-order valence-electron chi connectivity index (χ3n) is 2.46. The quantitative estimate of drug-likeness (QED) is 0.876. The number of aliphatic hydroxyl groups is 1. The Morgan fingerprint density at radius 1 is 1.17 bits per heavy atom. The Morgan fingerprint density at radius 3 is 2.56 bits per heavy atom. The van der Waals surface area contributed by atoms with Crippen LogP contribution < -0.4 is 5.32 Å². The summed E-state index contributed by atoms with van der Waals surface area (Å²) in [6.07, 6.45) is -0.335. The summed E-state index contributed by atoms with van der Waals surface area (Å²) in [6.45, 7) is 2.96. The normalized spacial score (nSPS) is 11.9. The second-order valence-corrected chi connectivity index (χ2v) is 4.11. The van der Waals surface area contributed by atoms with Crippen molar-refractivity contribution in [3.05, 3.63) is 48.2 Å². The second kappa shape index (κ2) is 7.21. The maximum Gasteiger partial charge on any atom is 0.134 e. The molecule has 1 heterocycles. The van der Waals surface area contributed by atoms with Gasteiger partial charge in [-0.1, -0.05) is 30.3 Å². The lowest BCUT2D eigenvalue weighted by molar-refractivity contribution is 0.190. The molecule has 0 fully saturated rings. The van der Waals surface area contributed by atoms with Crippen molar-refractivity contribution in [1.82, 2.24) is 5.32 Å². The number of hydrogen-bond acceptors (Lipinski definition) is 3. The molecule has 0 spiro atoms. The Morgan fingerprint density at radius 2 is 1.89 bits per heavy atom. The molecular formula is C14H18ClNO2. The molecule has 0 amide bonds. The van der Waals surface area contributed by atoms with Crippen LogP contribution in [0.5, 0.6) is 0 Å². The molecule has 2 rings (SSSR count). The highest BCUT2D eigenvalue weighted by Crippen LogP contribution is 2.21. The van der Waals surface area contributed by atoms with Gasteiger partial charge in [0.05, 0.1) is 12.6 Å². The van der Waals surface area contributed by atoms with Crippen molar-refractivity contribution >= 4 is 12.4 Å². The molecule has 3 nitrogen and oxygen atoms in total. The summed E-state index contributed by atoms with van der Waals surface area (Å²) >= 11 is 0. The Balaban J connectivity index is 0.00000162. The minimum atomic E-state index is -0.335. The van der Waals surface area contributed by atoms with Crippen molar-refractivity contribution in [2.75, 3.05) is 6.54 Å². The van der Waals surface area contributed by atoms with Crippen molar-refractivity contribution in [2.45, 2.75) is 19.6 Å². The van der Waals surface area contributed by atoms with Crippen LogP contribution in [0.4, 0.5) is 0 Å². The number of hydrogen-bond donors (Lipinski definition) is 2. The van der Waals surface area contributed by atoms with E-state index in [9.17, 15) is 0 Å². The average molecular weight is 268 g/mol. The lowest BCUT2D eigenvalue weighted by Crippen LogP contribution is -2.23. The summed E-state index contributed by atoms with van der Waals surface area (Å²) in [4.78, 5) is 0. The van der Waals surface area contributed by atoms with Crippen LogP contribution in [0.15, 0.2) is 46.9 Å². The summed E-state index contributed by atoms with van der Waals surface area (Å²) in [7, 11) is 0. The molecule has 0 saturated heterocycles. The first-order chi connectivity index (χ1) is 8.25. The zero-order valence-electron chi connectivity index (χ0n) is 10.3. The monoisotopic (exact) mass is 267 g/mol. The van der Waals surface area contributed by atoms with E-state index >= 15 is 0 Å². The lowest BCUT2D eigenvalue weighted by atomic mass is 10.2. The number of benzene rings is 1. The van der Waals surface area contributed by atoms with Crippen LogP contribution in [-0.2, 0) is 6.54 Å². The highest BCUT2D eigenvalue weighted by atomic mass is 35.5. The lowest BCUT2D eigenvalue weighted by Gasteiger charge is -2.04.